The minimum absolute atomic E-state index is 0.111. The Morgan fingerprint density at radius 3 is 2.79 bits per heavy atom. The summed E-state index contributed by atoms with van der Waals surface area (Å²) in [6, 6.07) is 0.851. The number of carbonyl (C=O) groups is 1. The summed E-state index contributed by atoms with van der Waals surface area (Å²) in [5.41, 5.74) is -0.111. The van der Waals surface area contributed by atoms with Crippen molar-refractivity contribution in [2.75, 3.05) is 6.61 Å². The molecule has 2 atom stereocenters. The molecule has 0 radical (unpaired) electrons. The standard InChI is InChI=1S/C14H26O4Si/c1-6-8-13(15)16-9-7-10-19(5)17-12(2)11-14(3,4)18-19/h6,8,12H,7,9-11H2,1-5H3. The van der Waals surface area contributed by atoms with Crippen molar-refractivity contribution < 1.29 is 18.4 Å². The Kier molecular flexibility index (Phi) is 5.76. The van der Waals surface area contributed by atoms with Gasteiger partial charge in [-0.1, -0.05) is 6.08 Å². The zero-order valence-corrected chi connectivity index (χ0v) is 13.7. The fourth-order valence-corrected chi connectivity index (χ4v) is 5.91. The van der Waals surface area contributed by atoms with E-state index in [0.717, 1.165) is 18.9 Å². The van der Waals surface area contributed by atoms with Crippen molar-refractivity contribution in [1.29, 1.82) is 0 Å². The van der Waals surface area contributed by atoms with Crippen molar-refractivity contribution >= 4 is 14.5 Å². The predicted octanol–water partition coefficient (Wildman–Crippen LogP) is 3.17. The molecular formula is C14H26O4Si. The van der Waals surface area contributed by atoms with Gasteiger partial charge in [-0.3, -0.25) is 0 Å². The summed E-state index contributed by atoms with van der Waals surface area (Å²) in [6.07, 6.45) is 5.06. The van der Waals surface area contributed by atoms with Crippen molar-refractivity contribution in [3.8, 4) is 0 Å². The molecule has 0 aliphatic carbocycles. The molecule has 0 amide bonds. The largest absolute Gasteiger partial charge is 0.463 e. The summed E-state index contributed by atoms with van der Waals surface area (Å²) in [7, 11) is -2.13. The van der Waals surface area contributed by atoms with E-state index in [1.54, 1.807) is 13.0 Å². The monoisotopic (exact) mass is 286 g/mol. The third-order valence-electron chi connectivity index (χ3n) is 3.04. The molecule has 0 aromatic rings. The number of hydrogen-bond acceptors (Lipinski definition) is 4. The van der Waals surface area contributed by atoms with Crippen LogP contribution in [0.25, 0.3) is 0 Å². The Morgan fingerprint density at radius 1 is 1.53 bits per heavy atom. The normalized spacial score (nSPS) is 30.5. The highest BCUT2D eigenvalue weighted by atomic mass is 28.4. The Labute approximate surface area is 117 Å². The molecule has 1 rings (SSSR count). The molecule has 1 heterocycles. The molecule has 1 saturated heterocycles. The van der Waals surface area contributed by atoms with Crippen molar-refractivity contribution in [2.24, 2.45) is 0 Å². The van der Waals surface area contributed by atoms with E-state index in [-0.39, 0.29) is 17.7 Å². The quantitative estimate of drug-likeness (QED) is 0.337. The van der Waals surface area contributed by atoms with Crippen LogP contribution in [0.15, 0.2) is 12.2 Å². The molecule has 110 valence electrons. The van der Waals surface area contributed by atoms with Crippen LogP contribution in [-0.4, -0.2) is 32.8 Å². The number of esters is 1. The van der Waals surface area contributed by atoms with Crippen molar-refractivity contribution in [3.63, 3.8) is 0 Å². The topological polar surface area (TPSA) is 44.8 Å². The molecule has 2 unspecified atom stereocenters. The van der Waals surface area contributed by atoms with Crippen molar-refractivity contribution in [1.82, 2.24) is 0 Å². The molecule has 0 aromatic heterocycles. The van der Waals surface area contributed by atoms with Gasteiger partial charge >= 0.3 is 14.5 Å². The highest BCUT2D eigenvalue weighted by Crippen LogP contribution is 2.33. The lowest BCUT2D eigenvalue weighted by molar-refractivity contribution is -0.137. The van der Waals surface area contributed by atoms with Gasteiger partial charge in [0.2, 0.25) is 0 Å². The highest BCUT2D eigenvalue weighted by Gasteiger charge is 2.44. The highest BCUT2D eigenvalue weighted by molar-refractivity contribution is 6.66. The van der Waals surface area contributed by atoms with E-state index in [0.29, 0.717) is 6.61 Å². The van der Waals surface area contributed by atoms with Crippen molar-refractivity contribution in [2.45, 2.75) is 64.8 Å². The van der Waals surface area contributed by atoms with Crippen molar-refractivity contribution in [3.05, 3.63) is 12.2 Å². The van der Waals surface area contributed by atoms with E-state index in [9.17, 15) is 4.79 Å². The number of rotatable bonds is 5. The summed E-state index contributed by atoms with van der Waals surface area (Å²) in [4.78, 5) is 11.2. The number of carbonyl (C=O) groups excluding carboxylic acids is 1. The molecular weight excluding hydrogens is 260 g/mol. The minimum atomic E-state index is -2.13. The maximum Gasteiger partial charge on any atom is 0.335 e. The first-order valence-corrected chi connectivity index (χ1v) is 9.46. The number of hydrogen-bond donors (Lipinski definition) is 0. The van der Waals surface area contributed by atoms with E-state index in [2.05, 4.69) is 27.3 Å². The lowest BCUT2D eigenvalue weighted by Crippen LogP contribution is -2.54. The van der Waals surface area contributed by atoms with E-state index in [4.69, 9.17) is 13.6 Å². The van der Waals surface area contributed by atoms with Crippen LogP contribution in [0.1, 0.15) is 40.5 Å². The van der Waals surface area contributed by atoms with Crippen LogP contribution in [0.3, 0.4) is 0 Å². The molecule has 5 heteroatoms. The van der Waals surface area contributed by atoms with Crippen LogP contribution in [0.5, 0.6) is 0 Å². The Balaban J connectivity index is 2.37. The van der Waals surface area contributed by atoms with E-state index in [1.165, 1.54) is 6.08 Å². The molecule has 1 aliphatic heterocycles. The first-order chi connectivity index (χ1) is 8.76. The van der Waals surface area contributed by atoms with Gasteiger partial charge in [0.25, 0.3) is 0 Å². The van der Waals surface area contributed by atoms with Crippen LogP contribution >= 0.6 is 0 Å². The average Bonchev–Trinajstić information content (AvgIpc) is 2.21. The second kappa shape index (κ2) is 6.68. The predicted molar refractivity (Wildman–Crippen MR) is 77.1 cm³/mol. The van der Waals surface area contributed by atoms with Gasteiger partial charge in [-0.05, 0) is 53.1 Å². The molecule has 0 spiro atoms. The SMILES string of the molecule is CC=CC(=O)OCCC[Si]1(C)OC(C)CC(C)(C)O1. The Morgan fingerprint density at radius 2 is 2.21 bits per heavy atom. The lowest BCUT2D eigenvalue weighted by atomic mass is 10.0. The number of allylic oxidation sites excluding steroid dienone is 1. The van der Waals surface area contributed by atoms with Gasteiger partial charge in [-0.15, -0.1) is 0 Å². The lowest BCUT2D eigenvalue weighted by Gasteiger charge is -2.44. The fraction of sp³-hybridized carbons (Fsp3) is 0.786. The second-order valence-corrected chi connectivity index (χ2v) is 9.11. The summed E-state index contributed by atoms with van der Waals surface area (Å²) in [5.74, 6) is -0.284. The van der Waals surface area contributed by atoms with Crippen LogP contribution in [0, 0.1) is 0 Å². The average molecular weight is 286 g/mol. The second-order valence-electron chi connectivity index (χ2n) is 5.90. The summed E-state index contributed by atoms with van der Waals surface area (Å²) >= 11 is 0. The molecule has 1 aliphatic rings. The minimum Gasteiger partial charge on any atom is -0.463 e. The molecule has 0 bridgehead atoms. The van der Waals surface area contributed by atoms with Crippen LogP contribution in [0.2, 0.25) is 12.6 Å². The van der Waals surface area contributed by atoms with Crippen LogP contribution < -0.4 is 0 Å². The van der Waals surface area contributed by atoms with E-state index < -0.39 is 8.56 Å². The molecule has 1 fully saturated rings. The third-order valence-corrected chi connectivity index (χ3v) is 6.19. The van der Waals surface area contributed by atoms with Gasteiger partial charge in [-0.2, -0.15) is 0 Å². The van der Waals surface area contributed by atoms with Gasteiger partial charge in [0.15, 0.2) is 0 Å². The molecule has 19 heavy (non-hydrogen) atoms. The molecule has 0 N–H and O–H groups in total. The maximum atomic E-state index is 11.2. The van der Waals surface area contributed by atoms with Gasteiger partial charge in [0.05, 0.1) is 12.2 Å². The first kappa shape index (κ1) is 16.4. The van der Waals surface area contributed by atoms with Crippen LogP contribution in [-0.2, 0) is 18.4 Å². The Bertz CT molecular complexity index is 340. The fourth-order valence-electron chi connectivity index (χ4n) is 2.67. The van der Waals surface area contributed by atoms with Gasteiger partial charge in [0.1, 0.15) is 0 Å². The van der Waals surface area contributed by atoms with Crippen LogP contribution in [0.4, 0.5) is 0 Å². The smallest absolute Gasteiger partial charge is 0.335 e. The molecule has 0 saturated carbocycles. The summed E-state index contributed by atoms with van der Waals surface area (Å²) < 4.78 is 17.3. The molecule has 4 nitrogen and oxygen atoms in total. The third kappa shape index (κ3) is 5.89. The zero-order chi connectivity index (χ0) is 14.5. The van der Waals surface area contributed by atoms with E-state index in [1.807, 2.05) is 0 Å². The first-order valence-electron chi connectivity index (χ1n) is 6.94. The summed E-state index contributed by atoms with van der Waals surface area (Å²) in [6.45, 7) is 10.6. The van der Waals surface area contributed by atoms with E-state index >= 15 is 0 Å². The zero-order valence-electron chi connectivity index (χ0n) is 12.7. The molecule has 0 aromatic carbocycles. The Hall–Kier alpha value is -0.653. The maximum absolute atomic E-state index is 11.2. The van der Waals surface area contributed by atoms with Gasteiger partial charge in [0, 0.05) is 12.2 Å². The van der Waals surface area contributed by atoms with Gasteiger partial charge in [-0.25, -0.2) is 4.79 Å². The summed E-state index contributed by atoms with van der Waals surface area (Å²) in [5, 5.41) is 0. The van der Waals surface area contributed by atoms with Gasteiger partial charge < -0.3 is 13.6 Å². The number of ether oxygens (including phenoxy) is 1.